The van der Waals surface area contributed by atoms with E-state index in [1.807, 2.05) is 0 Å². The van der Waals surface area contributed by atoms with Gasteiger partial charge in [0, 0.05) is 12.5 Å². The van der Waals surface area contributed by atoms with E-state index in [0.29, 0.717) is 19.3 Å². The second-order valence-electron chi connectivity index (χ2n) is 5.94. The van der Waals surface area contributed by atoms with Crippen LogP contribution in [-0.4, -0.2) is 42.9 Å². The lowest BCUT2D eigenvalue weighted by atomic mass is 9.85. The van der Waals surface area contributed by atoms with Gasteiger partial charge in [-0.2, -0.15) is 0 Å². The topological polar surface area (TPSA) is 101 Å². The number of rotatable bonds is 4. The molecule has 1 aliphatic heterocycles. The highest BCUT2D eigenvalue weighted by molar-refractivity contribution is 7.91. The number of carboxylic acids is 1. The second kappa shape index (κ2) is 6.11. The molecule has 2 fully saturated rings. The monoisotopic (exact) mass is 303 g/mol. The molecule has 1 heterocycles. The van der Waals surface area contributed by atoms with Crippen LogP contribution in [0.2, 0.25) is 0 Å². The minimum Gasteiger partial charge on any atom is -0.481 e. The summed E-state index contributed by atoms with van der Waals surface area (Å²) in [7, 11) is -2.95. The fraction of sp³-hybridized carbons (Fsp3) is 0.846. The minimum absolute atomic E-state index is 0.0844. The van der Waals surface area contributed by atoms with Gasteiger partial charge in [0.25, 0.3) is 0 Å². The molecule has 7 heteroatoms. The Balaban J connectivity index is 1.78. The van der Waals surface area contributed by atoms with Crippen molar-refractivity contribution >= 4 is 21.7 Å². The summed E-state index contributed by atoms with van der Waals surface area (Å²) in [6, 6.07) is -0.0876. The van der Waals surface area contributed by atoms with Crippen molar-refractivity contribution in [2.24, 2.45) is 11.8 Å². The third-order valence-electron chi connectivity index (χ3n) is 4.19. The zero-order valence-corrected chi connectivity index (χ0v) is 12.2. The van der Waals surface area contributed by atoms with Crippen LogP contribution < -0.4 is 5.32 Å². The summed E-state index contributed by atoms with van der Waals surface area (Å²) in [5.74, 6) is -1.13. The molecule has 1 saturated carbocycles. The summed E-state index contributed by atoms with van der Waals surface area (Å²) in [6.07, 6.45) is 3.54. The van der Waals surface area contributed by atoms with Crippen LogP contribution in [0.25, 0.3) is 0 Å². The standard InChI is InChI=1S/C13H21NO5S/c15-12(6-9-4-5-20(18,19)8-9)14-11-3-1-2-10(7-11)13(16)17/h9-11H,1-8H2,(H,14,15)(H,16,17). The van der Waals surface area contributed by atoms with Gasteiger partial charge in [-0.15, -0.1) is 0 Å². The van der Waals surface area contributed by atoms with Crippen LogP contribution in [-0.2, 0) is 19.4 Å². The smallest absolute Gasteiger partial charge is 0.306 e. The van der Waals surface area contributed by atoms with Gasteiger partial charge in [0.2, 0.25) is 5.91 Å². The van der Waals surface area contributed by atoms with E-state index in [1.54, 1.807) is 0 Å². The normalized spacial score (nSPS) is 32.7. The number of aliphatic carboxylic acids is 1. The summed E-state index contributed by atoms with van der Waals surface area (Å²) in [4.78, 5) is 22.9. The number of hydrogen-bond acceptors (Lipinski definition) is 4. The molecule has 1 saturated heterocycles. The fourth-order valence-corrected chi connectivity index (χ4v) is 4.99. The lowest BCUT2D eigenvalue weighted by molar-refractivity contribution is -0.143. The van der Waals surface area contributed by atoms with Crippen molar-refractivity contribution in [1.29, 1.82) is 0 Å². The van der Waals surface area contributed by atoms with Crippen LogP contribution in [0.4, 0.5) is 0 Å². The van der Waals surface area contributed by atoms with Gasteiger partial charge in [0.1, 0.15) is 0 Å². The number of nitrogens with one attached hydrogen (secondary N) is 1. The molecule has 2 N–H and O–H groups in total. The van der Waals surface area contributed by atoms with Gasteiger partial charge in [-0.3, -0.25) is 9.59 Å². The van der Waals surface area contributed by atoms with Gasteiger partial charge in [0.15, 0.2) is 9.84 Å². The number of hydrogen-bond donors (Lipinski definition) is 2. The molecule has 0 bridgehead atoms. The van der Waals surface area contributed by atoms with E-state index in [2.05, 4.69) is 5.32 Å². The van der Waals surface area contributed by atoms with E-state index in [9.17, 15) is 18.0 Å². The summed E-state index contributed by atoms with van der Waals surface area (Å²) in [6.45, 7) is 0. The molecule has 20 heavy (non-hydrogen) atoms. The van der Waals surface area contributed by atoms with Crippen molar-refractivity contribution in [3.05, 3.63) is 0 Å². The Morgan fingerprint density at radius 1 is 1.20 bits per heavy atom. The lowest BCUT2D eigenvalue weighted by Gasteiger charge is -2.27. The molecule has 0 aromatic carbocycles. The lowest BCUT2D eigenvalue weighted by Crippen LogP contribution is -2.40. The molecule has 114 valence electrons. The third kappa shape index (κ3) is 4.19. The molecule has 0 radical (unpaired) electrons. The first kappa shape index (κ1) is 15.3. The highest BCUT2D eigenvalue weighted by Crippen LogP contribution is 2.25. The van der Waals surface area contributed by atoms with Gasteiger partial charge < -0.3 is 10.4 Å². The Kier molecular flexibility index (Phi) is 4.67. The van der Waals surface area contributed by atoms with Crippen LogP contribution in [0, 0.1) is 11.8 Å². The van der Waals surface area contributed by atoms with Gasteiger partial charge in [0.05, 0.1) is 17.4 Å². The van der Waals surface area contributed by atoms with Gasteiger partial charge >= 0.3 is 5.97 Å². The number of sulfone groups is 1. The van der Waals surface area contributed by atoms with E-state index in [4.69, 9.17) is 5.11 Å². The Morgan fingerprint density at radius 2 is 1.95 bits per heavy atom. The molecule has 0 aromatic heterocycles. The first-order valence-electron chi connectivity index (χ1n) is 7.08. The van der Waals surface area contributed by atoms with Crippen molar-refractivity contribution in [2.45, 2.75) is 44.6 Å². The van der Waals surface area contributed by atoms with Gasteiger partial charge in [-0.05, 0) is 31.6 Å². The van der Waals surface area contributed by atoms with E-state index in [1.165, 1.54) is 0 Å². The first-order valence-corrected chi connectivity index (χ1v) is 8.90. The van der Waals surface area contributed by atoms with E-state index in [0.717, 1.165) is 12.8 Å². The average molecular weight is 303 g/mol. The highest BCUT2D eigenvalue weighted by Gasteiger charge is 2.31. The predicted molar refractivity (Wildman–Crippen MR) is 72.9 cm³/mol. The summed E-state index contributed by atoms with van der Waals surface area (Å²) in [5, 5.41) is 11.9. The van der Waals surface area contributed by atoms with Crippen LogP contribution in [0.15, 0.2) is 0 Å². The summed E-state index contributed by atoms with van der Waals surface area (Å²) >= 11 is 0. The third-order valence-corrected chi connectivity index (χ3v) is 6.03. The van der Waals surface area contributed by atoms with Crippen molar-refractivity contribution in [1.82, 2.24) is 5.32 Å². The van der Waals surface area contributed by atoms with Gasteiger partial charge in [-0.1, -0.05) is 6.42 Å². The van der Waals surface area contributed by atoms with E-state index in [-0.39, 0.29) is 41.7 Å². The Labute approximate surface area is 118 Å². The second-order valence-corrected chi connectivity index (χ2v) is 8.17. The fourth-order valence-electron chi connectivity index (χ4n) is 3.13. The molecular formula is C13H21NO5S. The minimum atomic E-state index is -2.95. The highest BCUT2D eigenvalue weighted by atomic mass is 32.2. The number of amides is 1. The molecule has 2 aliphatic rings. The molecule has 6 nitrogen and oxygen atoms in total. The average Bonchev–Trinajstić information content (AvgIpc) is 2.68. The van der Waals surface area contributed by atoms with Crippen molar-refractivity contribution in [3.63, 3.8) is 0 Å². The van der Waals surface area contributed by atoms with Crippen LogP contribution in [0.1, 0.15) is 38.5 Å². The quantitative estimate of drug-likeness (QED) is 0.791. The Morgan fingerprint density at radius 3 is 2.55 bits per heavy atom. The molecule has 0 aromatic rings. The summed E-state index contributed by atoms with van der Waals surface area (Å²) in [5.41, 5.74) is 0. The Hall–Kier alpha value is -1.11. The molecule has 1 amide bonds. The molecule has 0 spiro atoms. The zero-order valence-electron chi connectivity index (χ0n) is 11.4. The zero-order chi connectivity index (χ0) is 14.8. The Bertz CT molecular complexity index is 487. The van der Waals surface area contributed by atoms with Crippen molar-refractivity contribution < 1.29 is 23.1 Å². The van der Waals surface area contributed by atoms with Crippen LogP contribution in [0.3, 0.4) is 0 Å². The van der Waals surface area contributed by atoms with Crippen LogP contribution >= 0.6 is 0 Å². The van der Waals surface area contributed by atoms with Gasteiger partial charge in [-0.25, -0.2) is 8.42 Å². The maximum atomic E-state index is 11.9. The maximum absolute atomic E-state index is 11.9. The molecule has 1 aliphatic carbocycles. The van der Waals surface area contributed by atoms with Crippen molar-refractivity contribution in [3.8, 4) is 0 Å². The van der Waals surface area contributed by atoms with Crippen LogP contribution in [0.5, 0.6) is 0 Å². The van der Waals surface area contributed by atoms with E-state index < -0.39 is 15.8 Å². The van der Waals surface area contributed by atoms with E-state index >= 15 is 0 Å². The molecule has 2 rings (SSSR count). The molecular weight excluding hydrogens is 282 g/mol. The molecule has 3 atom stereocenters. The largest absolute Gasteiger partial charge is 0.481 e. The summed E-state index contributed by atoms with van der Waals surface area (Å²) < 4.78 is 22.7. The number of carbonyl (C=O) groups is 2. The SMILES string of the molecule is O=C(CC1CCS(=O)(=O)C1)NC1CCCC(C(=O)O)C1. The first-order chi connectivity index (χ1) is 9.35. The maximum Gasteiger partial charge on any atom is 0.306 e. The molecule has 3 unspecified atom stereocenters. The number of carbonyl (C=O) groups excluding carboxylic acids is 1. The number of carboxylic acid groups (broad SMARTS) is 1. The van der Waals surface area contributed by atoms with Crippen molar-refractivity contribution in [2.75, 3.05) is 11.5 Å². The predicted octanol–water partition coefficient (Wildman–Crippen LogP) is 0.571.